The van der Waals surface area contributed by atoms with Gasteiger partial charge in [-0.3, -0.25) is 4.79 Å². The molecular weight excluding hydrogens is 180 g/mol. The number of aliphatic hydroxyl groups excluding tert-OH is 1. The Bertz CT molecular complexity index is 359. The number of carbonyl (C=O) groups is 1. The fraction of sp³-hybridized carbons (Fsp3) is 0.364. The van der Waals surface area contributed by atoms with Crippen LogP contribution in [0.3, 0.4) is 0 Å². The molecule has 2 atom stereocenters. The Morgan fingerprint density at radius 3 is 2.79 bits per heavy atom. The lowest BCUT2D eigenvalue weighted by molar-refractivity contribution is -0.143. The summed E-state index contributed by atoms with van der Waals surface area (Å²) in [6, 6.07) is 7.48. The Kier molecular flexibility index (Phi) is 2.25. The van der Waals surface area contributed by atoms with Crippen molar-refractivity contribution >= 4 is 5.97 Å². The van der Waals surface area contributed by atoms with Gasteiger partial charge in [0.05, 0.1) is 12.0 Å². The summed E-state index contributed by atoms with van der Waals surface area (Å²) >= 11 is 0. The summed E-state index contributed by atoms with van der Waals surface area (Å²) < 4.78 is 0. The quantitative estimate of drug-likeness (QED) is 0.706. The molecule has 0 unspecified atom stereocenters. The molecule has 0 radical (unpaired) electrons. The highest BCUT2D eigenvalue weighted by molar-refractivity contribution is 5.71. The molecule has 0 aliphatic heterocycles. The minimum atomic E-state index is -0.821. The standard InChI is InChI=1S/C11H12O3/c12-10-6-8(11(13)14)5-7-3-1-2-4-9(7)10/h1-4,8,10,12H,5-6H2,(H,13,14)/t8-,10-/m1/s1. The number of aliphatic carboxylic acids is 1. The maximum atomic E-state index is 10.8. The first-order valence-electron chi connectivity index (χ1n) is 4.67. The summed E-state index contributed by atoms with van der Waals surface area (Å²) in [6.07, 6.45) is 0.232. The highest BCUT2D eigenvalue weighted by Crippen LogP contribution is 2.32. The van der Waals surface area contributed by atoms with Crippen LogP contribution in [0.4, 0.5) is 0 Å². The molecule has 0 fully saturated rings. The van der Waals surface area contributed by atoms with Crippen LogP contribution < -0.4 is 0 Å². The lowest BCUT2D eigenvalue weighted by Crippen LogP contribution is -2.24. The van der Waals surface area contributed by atoms with E-state index in [1.165, 1.54) is 0 Å². The highest BCUT2D eigenvalue weighted by Gasteiger charge is 2.29. The number of fused-ring (bicyclic) bond motifs is 1. The number of carboxylic acids is 1. The maximum Gasteiger partial charge on any atom is 0.306 e. The van der Waals surface area contributed by atoms with Gasteiger partial charge in [0.25, 0.3) is 0 Å². The van der Waals surface area contributed by atoms with Crippen LogP contribution in [0.25, 0.3) is 0 Å². The van der Waals surface area contributed by atoms with Gasteiger partial charge in [0, 0.05) is 0 Å². The van der Waals surface area contributed by atoms with Gasteiger partial charge in [-0.25, -0.2) is 0 Å². The lowest BCUT2D eigenvalue weighted by Gasteiger charge is -2.25. The van der Waals surface area contributed by atoms with E-state index in [4.69, 9.17) is 5.11 Å². The predicted octanol–water partition coefficient (Wildman–Crippen LogP) is 1.37. The number of benzene rings is 1. The summed E-state index contributed by atoms with van der Waals surface area (Å²) in [4.78, 5) is 10.8. The first-order chi connectivity index (χ1) is 6.68. The second kappa shape index (κ2) is 3.42. The minimum Gasteiger partial charge on any atom is -0.481 e. The molecule has 1 aliphatic carbocycles. The summed E-state index contributed by atoms with van der Waals surface area (Å²) in [6.45, 7) is 0. The third-order valence-corrected chi connectivity index (χ3v) is 2.74. The summed E-state index contributed by atoms with van der Waals surface area (Å²) in [5.41, 5.74) is 1.84. The molecule has 3 nitrogen and oxygen atoms in total. The van der Waals surface area contributed by atoms with E-state index < -0.39 is 18.0 Å². The van der Waals surface area contributed by atoms with Crippen molar-refractivity contribution in [1.29, 1.82) is 0 Å². The van der Waals surface area contributed by atoms with Crippen molar-refractivity contribution in [1.82, 2.24) is 0 Å². The molecule has 0 spiro atoms. The van der Waals surface area contributed by atoms with E-state index in [1.807, 2.05) is 24.3 Å². The van der Waals surface area contributed by atoms with Gasteiger partial charge in [-0.2, -0.15) is 0 Å². The van der Waals surface area contributed by atoms with E-state index in [0.717, 1.165) is 11.1 Å². The van der Waals surface area contributed by atoms with Crippen molar-refractivity contribution < 1.29 is 15.0 Å². The van der Waals surface area contributed by atoms with Gasteiger partial charge in [0.1, 0.15) is 0 Å². The van der Waals surface area contributed by atoms with Crippen molar-refractivity contribution in [2.45, 2.75) is 18.9 Å². The van der Waals surface area contributed by atoms with Crippen LogP contribution >= 0.6 is 0 Å². The number of hydrogen-bond donors (Lipinski definition) is 2. The smallest absolute Gasteiger partial charge is 0.306 e. The van der Waals surface area contributed by atoms with Crippen molar-refractivity contribution in [2.24, 2.45) is 5.92 Å². The highest BCUT2D eigenvalue weighted by atomic mass is 16.4. The Labute approximate surface area is 82.0 Å². The number of rotatable bonds is 1. The van der Waals surface area contributed by atoms with E-state index in [2.05, 4.69) is 0 Å². The molecule has 1 aliphatic rings. The molecule has 1 aromatic rings. The zero-order chi connectivity index (χ0) is 10.1. The first kappa shape index (κ1) is 9.21. The Morgan fingerprint density at radius 1 is 1.36 bits per heavy atom. The average molecular weight is 192 g/mol. The van der Waals surface area contributed by atoms with Crippen LogP contribution in [0, 0.1) is 5.92 Å². The molecule has 3 heteroatoms. The second-order valence-corrected chi connectivity index (χ2v) is 3.69. The largest absolute Gasteiger partial charge is 0.481 e. The lowest BCUT2D eigenvalue weighted by atomic mass is 9.82. The number of carboxylic acid groups (broad SMARTS) is 1. The summed E-state index contributed by atoms with van der Waals surface area (Å²) in [5.74, 6) is -1.27. The van der Waals surface area contributed by atoms with Crippen LogP contribution in [0.5, 0.6) is 0 Å². The minimum absolute atomic E-state index is 0.326. The van der Waals surface area contributed by atoms with Crippen molar-refractivity contribution in [3.8, 4) is 0 Å². The third-order valence-electron chi connectivity index (χ3n) is 2.74. The molecule has 0 saturated carbocycles. The van der Waals surface area contributed by atoms with Gasteiger partial charge < -0.3 is 10.2 Å². The van der Waals surface area contributed by atoms with Gasteiger partial charge in [0.15, 0.2) is 0 Å². The van der Waals surface area contributed by atoms with Gasteiger partial charge in [-0.1, -0.05) is 24.3 Å². The van der Waals surface area contributed by atoms with E-state index in [0.29, 0.717) is 12.8 Å². The summed E-state index contributed by atoms with van der Waals surface area (Å²) in [5, 5.41) is 18.6. The van der Waals surface area contributed by atoms with E-state index in [1.54, 1.807) is 0 Å². The fourth-order valence-electron chi connectivity index (χ4n) is 1.98. The van der Waals surface area contributed by atoms with Crippen molar-refractivity contribution in [2.75, 3.05) is 0 Å². The molecule has 2 N–H and O–H groups in total. The number of aliphatic hydroxyl groups is 1. The monoisotopic (exact) mass is 192 g/mol. The SMILES string of the molecule is O=C(O)[C@@H]1Cc2ccccc2[C@H](O)C1. The second-order valence-electron chi connectivity index (χ2n) is 3.69. The van der Waals surface area contributed by atoms with Gasteiger partial charge in [-0.15, -0.1) is 0 Å². The molecule has 1 aromatic carbocycles. The average Bonchev–Trinajstić information content (AvgIpc) is 2.17. The molecule has 74 valence electrons. The maximum absolute atomic E-state index is 10.8. The van der Waals surface area contributed by atoms with Crippen LogP contribution in [-0.4, -0.2) is 16.2 Å². The van der Waals surface area contributed by atoms with Crippen LogP contribution in [0.1, 0.15) is 23.7 Å². The van der Waals surface area contributed by atoms with Crippen molar-refractivity contribution in [3.63, 3.8) is 0 Å². The topological polar surface area (TPSA) is 57.5 Å². The molecular formula is C11H12O3. The van der Waals surface area contributed by atoms with Gasteiger partial charge in [-0.05, 0) is 24.0 Å². The zero-order valence-electron chi connectivity index (χ0n) is 7.68. The normalized spacial score (nSPS) is 25.5. The van der Waals surface area contributed by atoms with Crippen LogP contribution in [-0.2, 0) is 11.2 Å². The molecule has 0 saturated heterocycles. The molecule has 0 amide bonds. The molecule has 0 heterocycles. The number of hydrogen-bond acceptors (Lipinski definition) is 2. The Morgan fingerprint density at radius 2 is 2.07 bits per heavy atom. The molecule has 0 aromatic heterocycles. The Balaban J connectivity index is 2.33. The predicted molar refractivity (Wildman–Crippen MR) is 50.8 cm³/mol. The van der Waals surface area contributed by atoms with Crippen molar-refractivity contribution in [3.05, 3.63) is 35.4 Å². The van der Waals surface area contributed by atoms with Gasteiger partial charge in [0.2, 0.25) is 0 Å². The van der Waals surface area contributed by atoms with E-state index >= 15 is 0 Å². The molecule has 0 bridgehead atoms. The molecule has 14 heavy (non-hydrogen) atoms. The van der Waals surface area contributed by atoms with Crippen LogP contribution in [0.15, 0.2) is 24.3 Å². The van der Waals surface area contributed by atoms with Crippen LogP contribution in [0.2, 0.25) is 0 Å². The molecule has 2 rings (SSSR count). The summed E-state index contributed by atoms with van der Waals surface area (Å²) in [7, 11) is 0. The first-order valence-corrected chi connectivity index (χ1v) is 4.67. The van der Waals surface area contributed by atoms with E-state index in [-0.39, 0.29) is 0 Å². The van der Waals surface area contributed by atoms with Gasteiger partial charge >= 0.3 is 5.97 Å². The third kappa shape index (κ3) is 1.51. The zero-order valence-corrected chi connectivity index (χ0v) is 7.68. The fourth-order valence-corrected chi connectivity index (χ4v) is 1.98. The Hall–Kier alpha value is -1.35. The van der Waals surface area contributed by atoms with E-state index in [9.17, 15) is 9.90 Å².